The highest BCUT2D eigenvalue weighted by atomic mass is 16.3. The standard InChI is InChI=1S/C23H38N4O2/c1-24(17-21-9-5-4-6-10-21)18-22(28)19-25-13-15-26(16-14-25)20-23(29)27-11-7-2-3-8-12-27/h4-6,9-10,22,28H,2-3,7-8,11-20H2,1H3. The first kappa shape index (κ1) is 22.2. The van der Waals surface area contributed by atoms with Crippen molar-refractivity contribution in [2.75, 3.05) is 66.0 Å². The smallest absolute Gasteiger partial charge is 0.236 e. The number of rotatable bonds is 8. The fourth-order valence-corrected chi connectivity index (χ4v) is 4.42. The van der Waals surface area contributed by atoms with E-state index in [0.29, 0.717) is 25.5 Å². The number of hydrogen-bond acceptors (Lipinski definition) is 5. The van der Waals surface area contributed by atoms with E-state index >= 15 is 0 Å². The fourth-order valence-electron chi connectivity index (χ4n) is 4.42. The van der Waals surface area contributed by atoms with Gasteiger partial charge >= 0.3 is 0 Å². The third-order valence-corrected chi connectivity index (χ3v) is 6.07. The summed E-state index contributed by atoms with van der Waals surface area (Å²) in [6, 6.07) is 10.4. The van der Waals surface area contributed by atoms with Gasteiger partial charge in [-0.05, 0) is 25.5 Å². The molecular weight excluding hydrogens is 364 g/mol. The van der Waals surface area contributed by atoms with E-state index in [0.717, 1.165) is 58.7 Å². The highest BCUT2D eigenvalue weighted by Crippen LogP contribution is 2.11. The van der Waals surface area contributed by atoms with Gasteiger partial charge in [-0.3, -0.25) is 19.5 Å². The van der Waals surface area contributed by atoms with Gasteiger partial charge in [0.2, 0.25) is 5.91 Å². The lowest BCUT2D eigenvalue weighted by Gasteiger charge is -2.36. The Morgan fingerprint density at radius 1 is 0.966 bits per heavy atom. The minimum Gasteiger partial charge on any atom is -0.390 e. The first-order valence-corrected chi connectivity index (χ1v) is 11.2. The number of benzene rings is 1. The lowest BCUT2D eigenvalue weighted by Crippen LogP contribution is -2.52. The van der Waals surface area contributed by atoms with Crippen LogP contribution < -0.4 is 0 Å². The van der Waals surface area contributed by atoms with Gasteiger partial charge in [0.05, 0.1) is 12.6 Å². The van der Waals surface area contributed by atoms with Crippen LogP contribution >= 0.6 is 0 Å². The number of piperazine rings is 1. The third kappa shape index (κ3) is 7.70. The van der Waals surface area contributed by atoms with E-state index in [1.807, 2.05) is 6.07 Å². The quantitative estimate of drug-likeness (QED) is 0.714. The summed E-state index contributed by atoms with van der Waals surface area (Å²) < 4.78 is 0. The molecule has 1 aromatic rings. The highest BCUT2D eigenvalue weighted by Gasteiger charge is 2.23. The van der Waals surface area contributed by atoms with Gasteiger partial charge in [-0.2, -0.15) is 0 Å². The summed E-state index contributed by atoms with van der Waals surface area (Å²) in [5.41, 5.74) is 1.27. The maximum absolute atomic E-state index is 12.6. The first-order valence-electron chi connectivity index (χ1n) is 11.2. The van der Waals surface area contributed by atoms with Gasteiger partial charge in [0.15, 0.2) is 0 Å². The van der Waals surface area contributed by atoms with Crippen LogP contribution in [0.4, 0.5) is 0 Å². The molecule has 2 fully saturated rings. The van der Waals surface area contributed by atoms with E-state index in [1.165, 1.54) is 18.4 Å². The molecule has 0 aliphatic carbocycles. The minimum absolute atomic E-state index is 0.294. The minimum atomic E-state index is -0.353. The predicted molar refractivity (Wildman–Crippen MR) is 117 cm³/mol. The molecule has 0 bridgehead atoms. The van der Waals surface area contributed by atoms with Crippen LogP contribution in [0.5, 0.6) is 0 Å². The van der Waals surface area contributed by atoms with Gasteiger partial charge in [0.25, 0.3) is 0 Å². The number of hydrogen-bond donors (Lipinski definition) is 1. The molecule has 6 heteroatoms. The zero-order valence-electron chi connectivity index (χ0n) is 18.0. The molecule has 29 heavy (non-hydrogen) atoms. The SMILES string of the molecule is CN(Cc1ccccc1)CC(O)CN1CCN(CC(=O)N2CCCCCC2)CC1. The number of amides is 1. The molecule has 162 valence electrons. The molecule has 3 rings (SSSR count). The number of β-amino-alcohol motifs (C(OH)–C–C–N with tert-alkyl or cyclic N) is 1. The number of carbonyl (C=O) groups excluding carboxylic acids is 1. The fraction of sp³-hybridized carbons (Fsp3) is 0.696. The topological polar surface area (TPSA) is 50.3 Å². The van der Waals surface area contributed by atoms with E-state index in [2.05, 4.69) is 50.9 Å². The molecule has 2 heterocycles. The lowest BCUT2D eigenvalue weighted by molar-refractivity contribution is -0.132. The Morgan fingerprint density at radius 2 is 1.59 bits per heavy atom. The summed E-state index contributed by atoms with van der Waals surface area (Å²) in [7, 11) is 2.06. The Bertz CT molecular complexity index is 596. The van der Waals surface area contributed by atoms with E-state index < -0.39 is 0 Å². The number of aliphatic hydroxyl groups is 1. The van der Waals surface area contributed by atoms with Gasteiger partial charge in [0, 0.05) is 58.9 Å². The van der Waals surface area contributed by atoms with Gasteiger partial charge in [0.1, 0.15) is 0 Å². The maximum atomic E-state index is 12.6. The summed E-state index contributed by atoms with van der Waals surface area (Å²) in [6.07, 6.45) is 4.46. The third-order valence-electron chi connectivity index (χ3n) is 6.07. The van der Waals surface area contributed by atoms with E-state index in [-0.39, 0.29) is 6.10 Å². The molecule has 0 saturated carbocycles. The Balaban J connectivity index is 1.33. The molecule has 1 aromatic carbocycles. The van der Waals surface area contributed by atoms with Crippen molar-refractivity contribution in [2.24, 2.45) is 0 Å². The number of likely N-dealkylation sites (tertiary alicyclic amines) is 1. The van der Waals surface area contributed by atoms with Crippen LogP contribution in [0.1, 0.15) is 31.2 Å². The maximum Gasteiger partial charge on any atom is 0.236 e. The summed E-state index contributed by atoms with van der Waals surface area (Å²) in [4.78, 5) is 21.4. The second-order valence-electron chi connectivity index (χ2n) is 8.71. The first-order chi connectivity index (χ1) is 14.1. The summed E-state index contributed by atoms with van der Waals surface area (Å²) in [5.74, 6) is 0.294. The lowest BCUT2D eigenvalue weighted by atomic mass is 10.2. The van der Waals surface area contributed by atoms with E-state index in [4.69, 9.17) is 0 Å². The predicted octanol–water partition coefficient (Wildman–Crippen LogP) is 1.50. The molecule has 2 aliphatic heterocycles. The van der Waals surface area contributed by atoms with E-state index in [1.54, 1.807) is 0 Å². The summed E-state index contributed by atoms with van der Waals surface area (Å²) in [6.45, 7) is 8.30. The summed E-state index contributed by atoms with van der Waals surface area (Å²) >= 11 is 0. The molecular formula is C23H38N4O2. The van der Waals surface area contributed by atoms with Gasteiger partial charge in [-0.15, -0.1) is 0 Å². The number of likely N-dealkylation sites (N-methyl/N-ethyl adjacent to an activating group) is 1. The van der Waals surface area contributed by atoms with Crippen LogP contribution in [-0.2, 0) is 11.3 Å². The Kier molecular flexibility index (Phi) is 8.92. The molecule has 0 radical (unpaired) electrons. The van der Waals surface area contributed by atoms with Crippen molar-refractivity contribution >= 4 is 5.91 Å². The monoisotopic (exact) mass is 402 g/mol. The molecule has 2 aliphatic rings. The average molecular weight is 403 g/mol. The van der Waals surface area contributed by atoms with Crippen LogP contribution in [0.2, 0.25) is 0 Å². The van der Waals surface area contributed by atoms with Gasteiger partial charge < -0.3 is 10.0 Å². The second kappa shape index (κ2) is 11.6. The van der Waals surface area contributed by atoms with Crippen LogP contribution in [0, 0.1) is 0 Å². The Morgan fingerprint density at radius 3 is 2.24 bits per heavy atom. The van der Waals surface area contributed by atoms with Crippen molar-refractivity contribution in [1.82, 2.24) is 19.6 Å². The van der Waals surface area contributed by atoms with Gasteiger partial charge in [-0.1, -0.05) is 43.2 Å². The highest BCUT2D eigenvalue weighted by molar-refractivity contribution is 5.78. The number of nitrogens with zero attached hydrogens (tertiary/aromatic N) is 4. The molecule has 0 aromatic heterocycles. The second-order valence-corrected chi connectivity index (χ2v) is 8.71. The molecule has 2 saturated heterocycles. The average Bonchev–Trinajstić information content (AvgIpc) is 2.99. The van der Waals surface area contributed by atoms with Crippen LogP contribution in [-0.4, -0.2) is 103 Å². The molecule has 1 amide bonds. The van der Waals surface area contributed by atoms with Crippen molar-refractivity contribution in [3.63, 3.8) is 0 Å². The Hall–Kier alpha value is -1.47. The van der Waals surface area contributed by atoms with Crippen molar-refractivity contribution in [1.29, 1.82) is 0 Å². The molecule has 0 spiro atoms. The number of carbonyl (C=O) groups is 1. The van der Waals surface area contributed by atoms with Crippen molar-refractivity contribution in [2.45, 2.75) is 38.3 Å². The molecule has 1 atom stereocenters. The van der Waals surface area contributed by atoms with Gasteiger partial charge in [-0.25, -0.2) is 0 Å². The van der Waals surface area contributed by atoms with Crippen LogP contribution in [0.25, 0.3) is 0 Å². The zero-order valence-corrected chi connectivity index (χ0v) is 18.0. The largest absolute Gasteiger partial charge is 0.390 e. The molecule has 1 unspecified atom stereocenters. The summed E-state index contributed by atoms with van der Waals surface area (Å²) in [5, 5.41) is 10.5. The van der Waals surface area contributed by atoms with Crippen molar-refractivity contribution < 1.29 is 9.90 Å². The molecule has 1 N–H and O–H groups in total. The Labute approximate surface area is 176 Å². The van der Waals surface area contributed by atoms with Crippen LogP contribution in [0.3, 0.4) is 0 Å². The zero-order chi connectivity index (χ0) is 20.5. The normalized spacial score (nSPS) is 20.6. The van der Waals surface area contributed by atoms with Crippen molar-refractivity contribution in [3.8, 4) is 0 Å². The number of aliphatic hydroxyl groups excluding tert-OH is 1. The van der Waals surface area contributed by atoms with E-state index in [9.17, 15) is 9.90 Å². The van der Waals surface area contributed by atoms with Crippen molar-refractivity contribution in [3.05, 3.63) is 35.9 Å². The molecule has 6 nitrogen and oxygen atoms in total. The van der Waals surface area contributed by atoms with Crippen LogP contribution in [0.15, 0.2) is 30.3 Å².